The van der Waals surface area contributed by atoms with E-state index in [2.05, 4.69) is 10.6 Å². The second kappa shape index (κ2) is 10.1. The number of halogens is 2. The molecule has 5 nitrogen and oxygen atoms in total. The molecule has 1 aliphatic heterocycles. The van der Waals surface area contributed by atoms with E-state index in [1.807, 2.05) is 24.3 Å². The van der Waals surface area contributed by atoms with Crippen molar-refractivity contribution >= 4 is 40.7 Å². The normalized spacial score (nSPS) is 15.8. The van der Waals surface area contributed by atoms with Crippen LogP contribution in [-0.4, -0.2) is 45.9 Å². The first-order valence-electron chi connectivity index (χ1n) is 8.90. The van der Waals surface area contributed by atoms with E-state index < -0.39 is 0 Å². The zero-order valence-corrected chi connectivity index (χ0v) is 17.0. The lowest BCUT2D eigenvalue weighted by molar-refractivity contribution is -0.124. The van der Waals surface area contributed by atoms with Gasteiger partial charge in [0.2, 0.25) is 0 Å². The molecule has 1 saturated heterocycles. The van der Waals surface area contributed by atoms with Crippen molar-refractivity contribution in [2.45, 2.75) is 12.8 Å². The largest absolute Gasteiger partial charge is 0.483 e. The number of piperidine rings is 1. The number of carbonyl (C=O) groups is 1. The number of hydrogen-bond acceptors (Lipinski definition) is 4. The van der Waals surface area contributed by atoms with Crippen molar-refractivity contribution in [1.82, 2.24) is 10.6 Å². The predicted molar refractivity (Wildman–Crippen MR) is 111 cm³/mol. The summed E-state index contributed by atoms with van der Waals surface area (Å²) in [5.41, 5.74) is 0.00261. The Morgan fingerprint density at radius 1 is 1.19 bits per heavy atom. The molecular formula is C20H26Cl2N2O3. The zero-order chi connectivity index (χ0) is 18.4. The minimum Gasteiger partial charge on any atom is -0.483 e. The van der Waals surface area contributed by atoms with E-state index >= 15 is 0 Å². The first-order valence-corrected chi connectivity index (χ1v) is 9.28. The van der Waals surface area contributed by atoms with Gasteiger partial charge in [-0.05, 0) is 38.1 Å². The Hall–Kier alpha value is -1.53. The van der Waals surface area contributed by atoms with Crippen LogP contribution in [0.2, 0.25) is 5.02 Å². The molecule has 2 aromatic carbocycles. The number of ether oxygens (including phenoxy) is 2. The summed E-state index contributed by atoms with van der Waals surface area (Å²) >= 11 is 6.22. The molecule has 0 unspecified atom stereocenters. The first kappa shape index (κ1) is 21.8. The lowest BCUT2D eigenvalue weighted by Crippen LogP contribution is -2.47. The molecule has 1 heterocycles. The Balaban J connectivity index is 0.00000261. The Morgan fingerprint density at radius 3 is 2.59 bits per heavy atom. The van der Waals surface area contributed by atoms with Gasteiger partial charge in [0, 0.05) is 34.9 Å². The molecular weight excluding hydrogens is 387 g/mol. The predicted octanol–water partition coefficient (Wildman–Crippen LogP) is 3.43. The van der Waals surface area contributed by atoms with Gasteiger partial charge in [-0.15, -0.1) is 12.4 Å². The lowest BCUT2D eigenvalue weighted by atomic mass is 9.79. The first-order chi connectivity index (χ1) is 12.6. The second-order valence-corrected chi connectivity index (χ2v) is 7.25. The topological polar surface area (TPSA) is 59.6 Å². The third kappa shape index (κ3) is 5.48. The van der Waals surface area contributed by atoms with Crippen LogP contribution in [0.5, 0.6) is 5.75 Å². The van der Waals surface area contributed by atoms with Crippen LogP contribution < -0.4 is 15.4 Å². The molecule has 2 aromatic rings. The smallest absolute Gasteiger partial charge is 0.257 e. The molecule has 0 atom stereocenters. The van der Waals surface area contributed by atoms with Gasteiger partial charge in [0.25, 0.3) is 5.91 Å². The van der Waals surface area contributed by atoms with Gasteiger partial charge in [0.15, 0.2) is 6.61 Å². The number of benzene rings is 2. The molecule has 1 fully saturated rings. The van der Waals surface area contributed by atoms with E-state index in [-0.39, 0.29) is 30.3 Å². The monoisotopic (exact) mass is 412 g/mol. The van der Waals surface area contributed by atoms with Crippen molar-refractivity contribution in [2.75, 3.05) is 40.0 Å². The van der Waals surface area contributed by atoms with Crippen LogP contribution in [0, 0.1) is 5.41 Å². The van der Waals surface area contributed by atoms with Crippen molar-refractivity contribution in [3.8, 4) is 5.75 Å². The maximum absolute atomic E-state index is 12.3. The van der Waals surface area contributed by atoms with Crippen molar-refractivity contribution in [3.05, 3.63) is 41.4 Å². The quantitative estimate of drug-likeness (QED) is 0.731. The summed E-state index contributed by atoms with van der Waals surface area (Å²) in [4.78, 5) is 12.3. The third-order valence-electron chi connectivity index (χ3n) is 4.96. The van der Waals surface area contributed by atoms with E-state index in [0.717, 1.165) is 36.7 Å². The standard InChI is InChI=1S/C20H25ClN2O3.ClH/c1-25-14-20(8-10-22-11-9-20)13-23-19(24)12-26-18-7-6-17(21)15-4-2-3-5-16(15)18;/h2-7,22H,8-14H2,1H3,(H,23,24);1H. The number of rotatable bonds is 7. The van der Waals surface area contributed by atoms with E-state index in [1.165, 1.54) is 0 Å². The fourth-order valence-corrected chi connectivity index (χ4v) is 3.70. The van der Waals surface area contributed by atoms with E-state index in [9.17, 15) is 4.79 Å². The summed E-state index contributed by atoms with van der Waals surface area (Å²) < 4.78 is 11.1. The molecule has 0 spiro atoms. The fourth-order valence-electron chi connectivity index (χ4n) is 3.48. The molecule has 0 bridgehead atoms. The maximum Gasteiger partial charge on any atom is 0.257 e. The summed E-state index contributed by atoms with van der Waals surface area (Å²) in [6.45, 7) is 3.13. The van der Waals surface area contributed by atoms with Gasteiger partial charge < -0.3 is 20.1 Å². The average molecular weight is 413 g/mol. The number of hydrogen-bond donors (Lipinski definition) is 2. The third-order valence-corrected chi connectivity index (χ3v) is 5.29. The van der Waals surface area contributed by atoms with Gasteiger partial charge in [-0.2, -0.15) is 0 Å². The van der Waals surface area contributed by atoms with Gasteiger partial charge in [0.1, 0.15) is 5.75 Å². The molecule has 1 aliphatic rings. The molecule has 0 aromatic heterocycles. The summed E-state index contributed by atoms with van der Waals surface area (Å²) in [6.07, 6.45) is 1.98. The summed E-state index contributed by atoms with van der Waals surface area (Å²) in [6, 6.07) is 11.3. The molecule has 1 amide bonds. The van der Waals surface area contributed by atoms with Crippen molar-refractivity contribution in [3.63, 3.8) is 0 Å². The van der Waals surface area contributed by atoms with Crippen LogP contribution >= 0.6 is 24.0 Å². The molecule has 2 N–H and O–H groups in total. The fraction of sp³-hybridized carbons (Fsp3) is 0.450. The highest BCUT2D eigenvalue weighted by Crippen LogP contribution is 2.31. The highest BCUT2D eigenvalue weighted by molar-refractivity contribution is 6.35. The Kier molecular flexibility index (Phi) is 8.17. The molecule has 0 saturated carbocycles. The van der Waals surface area contributed by atoms with Crippen LogP contribution in [-0.2, 0) is 9.53 Å². The molecule has 0 radical (unpaired) electrons. The van der Waals surface area contributed by atoms with Gasteiger partial charge in [-0.1, -0.05) is 35.9 Å². The highest BCUT2D eigenvalue weighted by atomic mass is 35.5. The minimum absolute atomic E-state index is 0. The van der Waals surface area contributed by atoms with Crippen molar-refractivity contribution in [2.24, 2.45) is 5.41 Å². The lowest BCUT2D eigenvalue weighted by Gasteiger charge is -2.37. The average Bonchev–Trinajstić information content (AvgIpc) is 2.67. The van der Waals surface area contributed by atoms with E-state index in [0.29, 0.717) is 23.9 Å². The molecule has 0 aliphatic carbocycles. The van der Waals surface area contributed by atoms with Crippen LogP contribution in [0.1, 0.15) is 12.8 Å². The molecule has 3 rings (SSSR count). The van der Waals surface area contributed by atoms with Gasteiger partial charge in [0.05, 0.1) is 6.61 Å². The molecule has 7 heteroatoms. The molecule has 148 valence electrons. The van der Waals surface area contributed by atoms with E-state index in [1.54, 1.807) is 19.2 Å². The Morgan fingerprint density at radius 2 is 1.89 bits per heavy atom. The molecule has 27 heavy (non-hydrogen) atoms. The van der Waals surface area contributed by atoms with Crippen molar-refractivity contribution in [1.29, 1.82) is 0 Å². The summed E-state index contributed by atoms with van der Waals surface area (Å²) in [5.74, 6) is 0.534. The van der Waals surface area contributed by atoms with Crippen LogP contribution in [0.25, 0.3) is 10.8 Å². The van der Waals surface area contributed by atoms with Crippen LogP contribution in [0.4, 0.5) is 0 Å². The van der Waals surface area contributed by atoms with E-state index in [4.69, 9.17) is 21.1 Å². The summed E-state index contributed by atoms with van der Waals surface area (Å²) in [5, 5.41) is 8.85. The highest BCUT2D eigenvalue weighted by Gasteiger charge is 2.32. The second-order valence-electron chi connectivity index (χ2n) is 6.84. The Labute approximate surface area is 171 Å². The van der Waals surface area contributed by atoms with Gasteiger partial charge in [-0.25, -0.2) is 0 Å². The van der Waals surface area contributed by atoms with Crippen molar-refractivity contribution < 1.29 is 14.3 Å². The Bertz CT molecular complexity index is 758. The SMILES string of the molecule is COCC1(CNC(=O)COc2ccc(Cl)c3ccccc23)CCNCC1.Cl. The van der Waals surface area contributed by atoms with Crippen LogP contribution in [0.15, 0.2) is 36.4 Å². The van der Waals surface area contributed by atoms with Crippen LogP contribution in [0.3, 0.4) is 0 Å². The number of nitrogens with one attached hydrogen (secondary N) is 2. The number of carbonyl (C=O) groups excluding carboxylic acids is 1. The minimum atomic E-state index is -0.127. The maximum atomic E-state index is 12.3. The number of amides is 1. The number of fused-ring (bicyclic) bond motifs is 1. The summed E-state index contributed by atoms with van der Waals surface area (Å²) in [7, 11) is 1.71. The number of methoxy groups -OCH3 is 1. The zero-order valence-electron chi connectivity index (χ0n) is 15.4. The van der Waals surface area contributed by atoms with Gasteiger partial charge in [-0.3, -0.25) is 4.79 Å². The van der Waals surface area contributed by atoms with Gasteiger partial charge >= 0.3 is 0 Å².